The summed E-state index contributed by atoms with van der Waals surface area (Å²) in [6.45, 7) is 1.56. The predicted octanol–water partition coefficient (Wildman–Crippen LogP) is 1.43. The summed E-state index contributed by atoms with van der Waals surface area (Å²) in [7, 11) is 0. The number of carboxylic acids is 2. The molecule has 1 atom stereocenters. The van der Waals surface area contributed by atoms with Gasteiger partial charge in [-0.3, -0.25) is 34.2 Å². The van der Waals surface area contributed by atoms with Crippen LogP contribution in [0.15, 0.2) is 18.2 Å². The van der Waals surface area contributed by atoms with Gasteiger partial charge in [-0.15, -0.1) is 0 Å². The second kappa shape index (κ2) is 11.2. The lowest BCUT2D eigenvalue weighted by atomic mass is 9.85. The number of nitrogens with one attached hydrogen (secondary N) is 1. The molecule has 12 nitrogen and oxygen atoms in total. The fourth-order valence-corrected chi connectivity index (χ4v) is 5.16. The van der Waals surface area contributed by atoms with Crippen molar-refractivity contribution in [2.24, 2.45) is 5.92 Å². The zero-order valence-corrected chi connectivity index (χ0v) is 21.0. The molecule has 3 aliphatic heterocycles. The number of likely N-dealkylation sites (tertiary alicyclic amines) is 1. The van der Waals surface area contributed by atoms with Crippen molar-refractivity contribution in [2.45, 2.75) is 62.9 Å². The lowest BCUT2D eigenvalue weighted by molar-refractivity contribution is -0.192. The van der Waals surface area contributed by atoms with Crippen LogP contribution in [-0.4, -0.2) is 93.0 Å². The molecule has 1 aromatic rings. The van der Waals surface area contributed by atoms with Crippen LogP contribution in [0.1, 0.15) is 59.2 Å². The lowest BCUT2D eigenvalue weighted by Crippen LogP contribution is -2.54. The van der Waals surface area contributed by atoms with Crippen LogP contribution in [0, 0.1) is 5.92 Å². The quantitative estimate of drug-likeness (QED) is 0.441. The van der Waals surface area contributed by atoms with Crippen LogP contribution in [0.25, 0.3) is 0 Å². The molecule has 1 aromatic carbocycles. The Kier molecular flexibility index (Phi) is 8.14. The molecular formula is C25H26F3N3O9. The van der Waals surface area contributed by atoms with Crippen LogP contribution in [0.3, 0.4) is 0 Å². The van der Waals surface area contributed by atoms with Gasteiger partial charge in [0.05, 0.1) is 17.0 Å². The van der Waals surface area contributed by atoms with Crippen molar-refractivity contribution < 1.29 is 56.9 Å². The molecule has 2 saturated heterocycles. The molecule has 0 radical (unpaired) electrons. The van der Waals surface area contributed by atoms with Gasteiger partial charge in [-0.2, -0.15) is 13.2 Å². The second-order valence-electron chi connectivity index (χ2n) is 9.97. The van der Waals surface area contributed by atoms with Crippen LogP contribution in [-0.2, 0) is 19.2 Å². The third kappa shape index (κ3) is 6.08. The van der Waals surface area contributed by atoms with E-state index in [-0.39, 0.29) is 36.0 Å². The van der Waals surface area contributed by atoms with Crippen LogP contribution >= 0.6 is 0 Å². The molecule has 0 bridgehead atoms. The van der Waals surface area contributed by atoms with Crippen molar-refractivity contribution in [3.63, 3.8) is 0 Å². The molecule has 3 fully saturated rings. The summed E-state index contributed by atoms with van der Waals surface area (Å²) >= 11 is 0. The van der Waals surface area contributed by atoms with Crippen LogP contribution < -0.4 is 10.1 Å². The number of nitrogens with zero attached hydrogens (tertiary/aromatic N) is 2. The monoisotopic (exact) mass is 569 g/mol. The maximum atomic E-state index is 12.9. The van der Waals surface area contributed by atoms with E-state index in [4.69, 9.17) is 19.7 Å². The average molecular weight is 569 g/mol. The van der Waals surface area contributed by atoms with E-state index in [1.54, 1.807) is 18.2 Å². The Bertz CT molecular complexity index is 1240. The summed E-state index contributed by atoms with van der Waals surface area (Å²) in [5.41, 5.74) is 0.429. The molecule has 0 aromatic heterocycles. The van der Waals surface area contributed by atoms with Crippen molar-refractivity contribution in [3.8, 4) is 5.75 Å². The first kappa shape index (κ1) is 29.0. The predicted molar refractivity (Wildman–Crippen MR) is 126 cm³/mol. The van der Waals surface area contributed by atoms with Crippen molar-refractivity contribution in [1.82, 2.24) is 15.1 Å². The smallest absolute Gasteiger partial charge is 0.490 e. The van der Waals surface area contributed by atoms with E-state index in [0.29, 0.717) is 24.6 Å². The number of carboxylic acid groups (broad SMARTS) is 2. The van der Waals surface area contributed by atoms with E-state index < -0.39 is 47.8 Å². The van der Waals surface area contributed by atoms with E-state index >= 15 is 0 Å². The number of rotatable bonds is 5. The summed E-state index contributed by atoms with van der Waals surface area (Å²) in [6.07, 6.45) is -1.91. The molecule has 5 rings (SSSR count). The maximum Gasteiger partial charge on any atom is 0.490 e. The van der Waals surface area contributed by atoms with E-state index in [2.05, 4.69) is 10.2 Å². The normalized spacial score (nSPS) is 25.4. The van der Waals surface area contributed by atoms with Gasteiger partial charge in [-0.1, -0.05) is 0 Å². The van der Waals surface area contributed by atoms with E-state index in [1.165, 1.54) is 0 Å². The summed E-state index contributed by atoms with van der Waals surface area (Å²) in [6, 6.07) is 4.13. The van der Waals surface area contributed by atoms with Gasteiger partial charge >= 0.3 is 18.1 Å². The van der Waals surface area contributed by atoms with Gasteiger partial charge in [-0.05, 0) is 50.6 Å². The molecule has 40 heavy (non-hydrogen) atoms. The number of aliphatic carboxylic acids is 2. The number of imide groups is 2. The second-order valence-corrected chi connectivity index (χ2v) is 9.97. The highest BCUT2D eigenvalue weighted by Crippen LogP contribution is 2.35. The summed E-state index contributed by atoms with van der Waals surface area (Å²) in [5.74, 6) is -5.36. The van der Waals surface area contributed by atoms with Gasteiger partial charge in [0.25, 0.3) is 11.8 Å². The number of benzene rings is 1. The molecule has 1 aliphatic carbocycles. The number of piperidine rings is 2. The SMILES string of the molecule is O=C(O)C(F)(F)F.O=C1CCC(N2C(=O)c3ccc(OC4CC(N5CCC(C(=O)O)CC5)C4)cc3C2=O)C(=O)N1. The van der Waals surface area contributed by atoms with E-state index in [1.807, 2.05) is 0 Å². The zero-order valence-electron chi connectivity index (χ0n) is 21.0. The fourth-order valence-electron chi connectivity index (χ4n) is 5.16. The first-order valence-electron chi connectivity index (χ1n) is 12.6. The Morgan fingerprint density at radius 1 is 0.950 bits per heavy atom. The number of alkyl halides is 3. The fraction of sp³-hybridized carbons (Fsp3) is 0.520. The van der Waals surface area contributed by atoms with Crippen LogP contribution in [0.2, 0.25) is 0 Å². The number of halogens is 3. The Labute approximate surface area is 225 Å². The molecule has 1 unspecified atom stereocenters. The van der Waals surface area contributed by atoms with Gasteiger partial charge in [0, 0.05) is 25.3 Å². The number of hydrogen-bond acceptors (Lipinski definition) is 8. The number of carbonyl (C=O) groups is 6. The average Bonchev–Trinajstić information content (AvgIpc) is 3.10. The molecule has 4 amide bonds. The lowest BCUT2D eigenvalue weighted by Gasteiger charge is -2.45. The minimum atomic E-state index is -5.08. The van der Waals surface area contributed by atoms with E-state index in [9.17, 15) is 37.1 Å². The molecule has 0 spiro atoms. The summed E-state index contributed by atoms with van der Waals surface area (Å²) in [5, 5.41) is 18.4. The number of carbonyl (C=O) groups excluding carboxylic acids is 4. The van der Waals surface area contributed by atoms with Crippen molar-refractivity contribution >= 4 is 35.6 Å². The van der Waals surface area contributed by atoms with Gasteiger partial charge in [0.1, 0.15) is 17.9 Å². The summed E-state index contributed by atoms with van der Waals surface area (Å²) < 4.78 is 37.8. The number of ether oxygens (including phenoxy) is 1. The minimum absolute atomic E-state index is 0.0105. The van der Waals surface area contributed by atoms with Gasteiger partial charge in [-0.25, -0.2) is 4.79 Å². The first-order chi connectivity index (χ1) is 18.8. The first-order valence-corrected chi connectivity index (χ1v) is 12.6. The highest BCUT2D eigenvalue weighted by molar-refractivity contribution is 6.23. The highest BCUT2D eigenvalue weighted by Gasteiger charge is 2.45. The standard InChI is InChI=1S/C23H25N3O7.C2HF3O2/c27-19-4-3-18(20(28)24-19)26-21(29)16-2-1-14(11-17(16)22(26)30)33-15-9-13(10-15)25-7-5-12(6-8-25)23(31)32;3-2(4,5)1(6)7/h1-2,11-13,15,18H,3-10H2,(H,31,32)(H,24,27,28);(H,6,7). The third-order valence-electron chi connectivity index (χ3n) is 7.42. The molecule has 4 aliphatic rings. The number of amides is 4. The van der Waals surface area contributed by atoms with Gasteiger partial charge in [0.15, 0.2) is 0 Å². The Balaban J connectivity index is 0.000000470. The van der Waals surface area contributed by atoms with Crippen molar-refractivity contribution in [1.29, 1.82) is 0 Å². The molecular weight excluding hydrogens is 543 g/mol. The van der Waals surface area contributed by atoms with Crippen LogP contribution in [0.4, 0.5) is 13.2 Å². The Morgan fingerprint density at radius 2 is 1.55 bits per heavy atom. The topological polar surface area (TPSA) is 171 Å². The molecule has 15 heteroatoms. The molecule has 216 valence electrons. The largest absolute Gasteiger partial charge is 0.490 e. The summed E-state index contributed by atoms with van der Waals surface area (Å²) in [4.78, 5) is 72.5. The van der Waals surface area contributed by atoms with E-state index in [0.717, 1.165) is 30.8 Å². The van der Waals surface area contributed by atoms with Gasteiger partial charge < -0.3 is 19.8 Å². The molecule has 3 N–H and O–H groups in total. The number of hydrogen-bond donors (Lipinski definition) is 3. The molecule has 1 saturated carbocycles. The third-order valence-corrected chi connectivity index (χ3v) is 7.42. The number of fused-ring (bicyclic) bond motifs is 1. The zero-order chi connectivity index (χ0) is 29.4. The highest BCUT2D eigenvalue weighted by atomic mass is 19.4. The van der Waals surface area contributed by atoms with Crippen molar-refractivity contribution in [2.75, 3.05) is 13.1 Å². The van der Waals surface area contributed by atoms with Gasteiger partial charge in [0.2, 0.25) is 11.8 Å². The Morgan fingerprint density at radius 3 is 2.10 bits per heavy atom. The maximum absolute atomic E-state index is 12.9. The molecule has 3 heterocycles. The minimum Gasteiger partial charge on any atom is -0.490 e. The Hall–Kier alpha value is -4.01. The van der Waals surface area contributed by atoms with Crippen molar-refractivity contribution in [3.05, 3.63) is 29.3 Å². The van der Waals surface area contributed by atoms with Crippen LogP contribution in [0.5, 0.6) is 5.75 Å².